The molecule has 3 aliphatic rings. The van der Waals surface area contributed by atoms with Gasteiger partial charge in [0.15, 0.2) is 0 Å². The second-order valence-corrected chi connectivity index (χ2v) is 7.65. The molecule has 1 amide bonds. The highest BCUT2D eigenvalue weighted by Crippen LogP contribution is 2.66. The Morgan fingerprint density at radius 3 is 2.24 bits per heavy atom. The third-order valence-corrected chi connectivity index (χ3v) is 6.24. The Labute approximate surface area is 145 Å². The predicted octanol–water partition coefficient (Wildman–Crippen LogP) is 2.84. The summed E-state index contributed by atoms with van der Waals surface area (Å²) in [5, 5.41) is 9.68. The van der Waals surface area contributed by atoms with Crippen LogP contribution in [0.15, 0.2) is 24.3 Å². The predicted molar refractivity (Wildman–Crippen MR) is 87.6 cm³/mol. The van der Waals surface area contributed by atoms with E-state index in [0.29, 0.717) is 18.8 Å². The molecule has 25 heavy (non-hydrogen) atoms. The number of benzene rings is 1. The van der Waals surface area contributed by atoms with Crippen LogP contribution >= 0.6 is 0 Å². The molecule has 1 aromatic rings. The van der Waals surface area contributed by atoms with Crippen LogP contribution in [-0.4, -0.2) is 40.6 Å². The lowest BCUT2D eigenvalue weighted by Gasteiger charge is -2.39. The van der Waals surface area contributed by atoms with Crippen LogP contribution in [0.5, 0.6) is 5.75 Å². The largest absolute Gasteiger partial charge is 0.478 e. The number of carboxylic acid groups (broad SMARTS) is 1. The number of nitrogens with zero attached hydrogens (tertiary/aromatic N) is 1. The number of piperidine rings is 1. The zero-order valence-electron chi connectivity index (χ0n) is 14.0. The molecule has 5 nitrogen and oxygen atoms in total. The summed E-state index contributed by atoms with van der Waals surface area (Å²) in [6.45, 7) is 0.776. The molecule has 1 aromatic carbocycles. The number of halogens is 1. The first-order chi connectivity index (χ1) is 11.9. The van der Waals surface area contributed by atoms with Gasteiger partial charge >= 0.3 is 5.97 Å². The minimum absolute atomic E-state index is 0.150. The van der Waals surface area contributed by atoms with Crippen LogP contribution in [0.4, 0.5) is 4.39 Å². The van der Waals surface area contributed by atoms with Gasteiger partial charge in [-0.2, -0.15) is 0 Å². The van der Waals surface area contributed by atoms with Gasteiger partial charge < -0.3 is 14.7 Å². The van der Waals surface area contributed by atoms with Gasteiger partial charge in [-0.1, -0.05) is 6.42 Å². The first-order valence-corrected chi connectivity index (χ1v) is 8.91. The number of hydrogen-bond donors (Lipinski definition) is 1. The van der Waals surface area contributed by atoms with Crippen molar-refractivity contribution in [3.8, 4) is 5.75 Å². The Kier molecular flexibility index (Phi) is 3.74. The minimum atomic E-state index is -1.35. The number of rotatable bonds is 4. The zero-order chi connectivity index (χ0) is 17.7. The zero-order valence-corrected chi connectivity index (χ0v) is 14.0. The highest BCUT2D eigenvalue weighted by Gasteiger charge is 2.62. The summed E-state index contributed by atoms with van der Waals surface area (Å²) in [7, 11) is 0. The summed E-state index contributed by atoms with van der Waals surface area (Å²) < 4.78 is 18.8. The van der Waals surface area contributed by atoms with Crippen molar-refractivity contribution in [2.24, 2.45) is 11.3 Å². The summed E-state index contributed by atoms with van der Waals surface area (Å²) in [4.78, 5) is 26.3. The van der Waals surface area contributed by atoms with E-state index in [-0.39, 0.29) is 30.1 Å². The Hall–Kier alpha value is -2.11. The third kappa shape index (κ3) is 2.77. The number of carboxylic acids is 1. The smallest absolute Gasteiger partial charge is 0.348 e. The molecule has 134 valence electrons. The van der Waals surface area contributed by atoms with Gasteiger partial charge in [0.05, 0.1) is 0 Å². The van der Waals surface area contributed by atoms with Crippen LogP contribution < -0.4 is 4.74 Å². The lowest BCUT2D eigenvalue weighted by Crippen LogP contribution is -2.54. The minimum Gasteiger partial charge on any atom is -0.478 e. The van der Waals surface area contributed by atoms with Crippen molar-refractivity contribution in [1.82, 2.24) is 4.90 Å². The van der Waals surface area contributed by atoms with E-state index in [9.17, 15) is 19.1 Å². The average molecular weight is 347 g/mol. The highest BCUT2D eigenvalue weighted by atomic mass is 19.1. The van der Waals surface area contributed by atoms with Crippen molar-refractivity contribution in [2.45, 2.75) is 44.1 Å². The van der Waals surface area contributed by atoms with E-state index in [0.717, 1.165) is 19.3 Å². The maximum Gasteiger partial charge on any atom is 0.348 e. The first-order valence-electron chi connectivity index (χ1n) is 8.91. The van der Waals surface area contributed by atoms with Crippen molar-refractivity contribution < 1.29 is 23.8 Å². The van der Waals surface area contributed by atoms with Crippen molar-refractivity contribution in [2.75, 3.05) is 13.1 Å². The van der Waals surface area contributed by atoms with E-state index in [1.807, 2.05) is 0 Å². The molecule has 0 radical (unpaired) electrons. The first kappa shape index (κ1) is 16.4. The molecular weight excluding hydrogens is 325 g/mol. The Balaban J connectivity index is 1.41. The molecule has 1 N–H and O–H groups in total. The van der Waals surface area contributed by atoms with Crippen LogP contribution in [0, 0.1) is 17.2 Å². The third-order valence-electron chi connectivity index (χ3n) is 6.24. The quantitative estimate of drug-likeness (QED) is 0.909. The summed E-state index contributed by atoms with van der Waals surface area (Å²) in [5.41, 5.74) is -1.07. The average Bonchev–Trinajstić information content (AvgIpc) is 3.33. The SMILES string of the molecule is O=C(C1CC12CCC2)N1CCC(Oc2ccc(F)cc2)(C(=O)O)CC1. The fourth-order valence-corrected chi connectivity index (χ4v) is 4.28. The molecule has 1 atom stereocenters. The second-order valence-electron chi connectivity index (χ2n) is 7.65. The van der Waals surface area contributed by atoms with Gasteiger partial charge in [-0.15, -0.1) is 0 Å². The molecule has 1 heterocycles. The topological polar surface area (TPSA) is 66.8 Å². The monoisotopic (exact) mass is 347 g/mol. The van der Waals surface area contributed by atoms with Crippen LogP contribution in [-0.2, 0) is 9.59 Å². The van der Waals surface area contributed by atoms with Crippen molar-refractivity contribution in [3.63, 3.8) is 0 Å². The van der Waals surface area contributed by atoms with Crippen molar-refractivity contribution >= 4 is 11.9 Å². The van der Waals surface area contributed by atoms with E-state index in [1.165, 1.54) is 30.7 Å². The summed E-state index contributed by atoms with van der Waals surface area (Å²) >= 11 is 0. The van der Waals surface area contributed by atoms with Crippen LogP contribution in [0.1, 0.15) is 38.5 Å². The molecule has 3 fully saturated rings. The van der Waals surface area contributed by atoms with Crippen LogP contribution in [0.3, 0.4) is 0 Å². The molecule has 6 heteroatoms. The van der Waals surface area contributed by atoms with Gasteiger partial charge in [-0.05, 0) is 48.9 Å². The fraction of sp³-hybridized carbons (Fsp3) is 0.579. The van der Waals surface area contributed by atoms with Crippen LogP contribution in [0.25, 0.3) is 0 Å². The number of carbonyl (C=O) groups is 2. The molecule has 0 aromatic heterocycles. The highest BCUT2D eigenvalue weighted by molar-refractivity contribution is 5.84. The van der Waals surface area contributed by atoms with E-state index >= 15 is 0 Å². The fourth-order valence-electron chi connectivity index (χ4n) is 4.28. The molecule has 1 aliphatic heterocycles. The normalized spacial score (nSPS) is 26.0. The molecular formula is C19H22FNO4. The number of ether oxygens (including phenoxy) is 1. The van der Waals surface area contributed by atoms with Crippen molar-refractivity contribution in [1.29, 1.82) is 0 Å². The molecule has 2 aliphatic carbocycles. The Morgan fingerprint density at radius 1 is 1.12 bits per heavy atom. The number of hydrogen-bond acceptors (Lipinski definition) is 3. The van der Waals surface area contributed by atoms with Gasteiger partial charge in [0.2, 0.25) is 11.5 Å². The van der Waals surface area contributed by atoms with E-state index in [4.69, 9.17) is 4.74 Å². The van der Waals surface area contributed by atoms with Gasteiger partial charge in [0, 0.05) is 31.8 Å². The molecule has 1 unspecified atom stereocenters. The molecule has 0 bridgehead atoms. The van der Waals surface area contributed by atoms with E-state index in [2.05, 4.69) is 0 Å². The number of amides is 1. The summed E-state index contributed by atoms with van der Waals surface area (Å²) in [5.74, 6) is -0.770. The van der Waals surface area contributed by atoms with Crippen molar-refractivity contribution in [3.05, 3.63) is 30.1 Å². The van der Waals surface area contributed by atoms with E-state index < -0.39 is 17.4 Å². The standard InChI is InChI=1S/C19H22FNO4/c20-13-2-4-14(5-3-13)25-19(17(23)24)8-10-21(11-9-19)16(22)15-12-18(15)6-1-7-18/h2-5,15H,1,6-12H2,(H,23,24). The molecule has 1 spiro atoms. The van der Waals surface area contributed by atoms with Gasteiger partial charge in [-0.25, -0.2) is 9.18 Å². The maximum absolute atomic E-state index is 13.0. The summed E-state index contributed by atoms with van der Waals surface area (Å²) in [6.07, 6.45) is 5.01. The van der Waals surface area contributed by atoms with Crippen LogP contribution in [0.2, 0.25) is 0 Å². The maximum atomic E-state index is 13.0. The molecule has 1 saturated heterocycles. The Morgan fingerprint density at radius 2 is 1.76 bits per heavy atom. The summed E-state index contributed by atoms with van der Waals surface area (Å²) in [6, 6.07) is 5.35. The lowest BCUT2D eigenvalue weighted by molar-refractivity contribution is -0.162. The van der Waals surface area contributed by atoms with Gasteiger partial charge in [0.1, 0.15) is 11.6 Å². The lowest BCUT2D eigenvalue weighted by atomic mass is 9.79. The Bertz CT molecular complexity index is 690. The second kappa shape index (κ2) is 5.71. The van der Waals surface area contributed by atoms with Gasteiger partial charge in [-0.3, -0.25) is 4.79 Å². The van der Waals surface area contributed by atoms with E-state index in [1.54, 1.807) is 4.90 Å². The van der Waals surface area contributed by atoms with Gasteiger partial charge in [0.25, 0.3) is 0 Å². The molecule has 2 saturated carbocycles. The number of aliphatic carboxylic acids is 1. The molecule has 4 rings (SSSR count). The number of carbonyl (C=O) groups excluding carboxylic acids is 1. The number of likely N-dealkylation sites (tertiary alicyclic amines) is 1.